The van der Waals surface area contributed by atoms with Crippen molar-refractivity contribution in [2.24, 2.45) is 5.73 Å². The average Bonchev–Trinajstić information content (AvgIpc) is 2.27. The molecule has 0 amide bonds. The summed E-state index contributed by atoms with van der Waals surface area (Å²) in [6.07, 6.45) is -16.8. The Kier molecular flexibility index (Phi) is 5.51. The van der Waals surface area contributed by atoms with Gasteiger partial charge in [0.1, 0.15) is 0 Å². The first-order chi connectivity index (χ1) is 9.44. The van der Waals surface area contributed by atoms with Crippen molar-refractivity contribution in [1.29, 1.82) is 0 Å². The van der Waals surface area contributed by atoms with Gasteiger partial charge in [-0.05, 0) is 13.0 Å². The van der Waals surface area contributed by atoms with E-state index in [1.165, 1.54) is 31.2 Å². The molecular weight excluding hydrogens is 324 g/mol. The molecule has 9 heteroatoms. The molecule has 1 rings (SSSR count). The highest BCUT2D eigenvalue weighted by Gasteiger charge is 2.59. The van der Waals surface area contributed by atoms with Crippen molar-refractivity contribution in [3.63, 3.8) is 0 Å². The number of ether oxygens (including phenoxy) is 1. The third-order valence-corrected chi connectivity index (χ3v) is 2.91. The highest BCUT2D eigenvalue weighted by molar-refractivity contribution is 6.31. The second-order valence-electron chi connectivity index (χ2n) is 4.40. The lowest BCUT2D eigenvalue weighted by atomic mass is 10.0. The smallest absolute Gasteiger partial charge is 0.351 e. The number of nitrogens with two attached hydrogens (primary N) is 1. The first-order valence-electron chi connectivity index (χ1n) is 5.73. The second-order valence-corrected chi connectivity index (χ2v) is 4.81. The lowest BCUT2D eigenvalue weighted by Crippen LogP contribution is -2.47. The zero-order valence-electron chi connectivity index (χ0n) is 10.7. The Morgan fingerprint density at radius 3 is 1.90 bits per heavy atom. The van der Waals surface area contributed by atoms with Crippen molar-refractivity contribution in [3.8, 4) is 0 Å². The zero-order chi connectivity index (χ0) is 16.4. The van der Waals surface area contributed by atoms with Crippen molar-refractivity contribution in [2.45, 2.75) is 37.5 Å². The quantitative estimate of drug-likeness (QED) is 0.835. The molecule has 0 aromatic heterocycles. The van der Waals surface area contributed by atoms with Gasteiger partial charge in [-0.15, -0.1) is 0 Å². The molecule has 0 fully saturated rings. The van der Waals surface area contributed by atoms with Crippen LogP contribution in [-0.2, 0) is 4.74 Å². The molecule has 0 bridgehead atoms. The number of alkyl halides is 6. The summed E-state index contributed by atoms with van der Waals surface area (Å²) in [5, 5.41) is -0.0251. The molecule has 0 spiro atoms. The molecular formula is C12H12ClF6NO. The molecule has 0 aliphatic rings. The second kappa shape index (κ2) is 6.41. The van der Waals surface area contributed by atoms with Crippen LogP contribution in [0.2, 0.25) is 5.02 Å². The number of halogens is 7. The van der Waals surface area contributed by atoms with E-state index in [-0.39, 0.29) is 10.6 Å². The summed E-state index contributed by atoms with van der Waals surface area (Å²) in [6, 6.07) is 4.36. The van der Waals surface area contributed by atoms with Gasteiger partial charge in [-0.1, -0.05) is 29.8 Å². The van der Waals surface area contributed by atoms with Crippen LogP contribution in [0.4, 0.5) is 26.3 Å². The van der Waals surface area contributed by atoms with Crippen LogP contribution in [0.5, 0.6) is 0 Å². The van der Waals surface area contributed by atoms with Gasteiger partial charge in [0.25, 0.3) is 0 Å². The van der Waals surface area contributed by atoms with Gasteiger partial charge in [0.2, 0.25) is 6.10 Å². The minimum Gasteiger partial charge on any atom is -0.351 e. The minimum atomic E-state index is -5.60. The molecule has 120 valence electrons. The first-order valence-corrected chi connectivity index (χ1v) is 6.11. The maximum atomic E-state index is 12.5. The van der Waals surface area contributed by atoms with Crippen molar-refractivity contribution >= 4 is 11.6 Å². The van der Waals surface area contributed by atoms with Crippen LogP contribution in [0.15, 0.2) is 24.3 Å². The molecule has 1 aromatic carbocycles. The van der Waals surface area contributed by atoms with Gasteiger partial charge in [-0.25, -0.2) is 0 Å². The van der Waals surface area contributed by atoms with Crippen molar-refractivity contribution in [2.75, 3.05) is 0 Å². The lowest BCUT2D eigenvalue weighted by molar-refractivity contribution is -0.333. The lowest BCUT2D eigenvalue weighted by Gasteiger charge is -2.30. The number of hydrogen-bond donors (Lipinski definition) is 1. The molecule has 0 heterocycles. The molecule has 0 aliphatic heterocycles. The van der Waals surface area contributed by atoms with E-state index in [1.807, 2.05) is 0 Å². The number of benzene rings is 1. The Labute approximate surface area is 121 Å². The van der Waals surface area contributed by atoms with Crippen LogP contribution in [0, 0.1) is 0 Å². The van der Waals surface area contributed by atoms with Gasteiger partial charge < -0.3 is 10.5 Å². The fourth-order valence-corrected chi connectivity index (χ4v) is 1.92. The van der Waals surface area contributed by atoms with E-state index in [2.05, 4.69) is 4.74 Å². The standard InChI is InChI=1S/C12H12ClF6NO/c1-6(20)9(7-4-2-3-5-8(7)13)21-10(11(14,15)16)12(17,18)19/h2-6,9-10H,20H2,1H3. The van der Waals surface area contributed by atoms with E-state index >= 15 is 0 Å². The summed E-state index contributed by atoms with van der Waals surface area (Å²) in [7, 11) is 0. The Morgan fingerprint density at radius 1 is 1.05 bits per heavy atom. The third kappa shape index (κ3) is 4.76. The molecule has 2 N–H and O–H groups in total. The van der Waals surface area contributed by atoms with Gasteiger partial charge in [0.15, 0.2) is 0 Å². The number of rotatable bonds is 4. The van der Waals surface area contributed by atoms with E-state index in [1.54, 1.807) is 0 Å². The predicted molar refractivity (Wildman–Crippen MR) is 64.8 cm³/mol. The van der Waals surface area contributed by atoms with Gasteiger partial charge >= 0.3 is 12.4 Å². The molecule has 0 saturated carbocycles. The van der Waals surface area contributed by atoms with Crippen molar-refractivity contribution < 1.29 is 31.1 Å². The summed E-state index contributed by atoms with van der Waals surface area (Å²) in [5.41, 5.74) is 5.42. The Bertz CT molecular complexity index is 460. The fraction of sp³-hybridized carbons (Fsp3) is 0.500. The fourth-order valence-electron chi connectivity index (χ4n) is 1.67. The van der Waals surface area contributed by atoms with E-state index in [9.17, 15) is 26.3 Å². The van der Waals surface area contributed by atoms with Crippen molar-refractivity contribution in [3.05, 3.63) is 34.9 Å². The normalized spacial score (nSPS) is 16.1. The molecule has 0 saturated heterocycles. The average molecular weight is 336 g/mol. The van der Waals surface area contributed by atoms with E-state index < -0.39 is 30.6 Å². The predicted octanol–water partition coefficient (Wildman–Crippen LogP) is 4.24. The van der Waals surface area contributed by atoms with Crippen molar-refractivity contribution in [1.82, 2.24) is 0 Å². The molecule has 2 nitrogen and oxygen atoms in total. The highest BCUT2D eigenvalue weighted by Crippen LogP contribution is 2.40. The Morgan fingerprint density at radius 2 is 1.52 bits per heavy atom. The van der Waals surface area contributed by atoms with Gasteiger partial charge in [-0.2, -0.15) is 26.3 Å². The van der Waals surface area contributed by atoms with E-state index in [4.69, 9.17) is 17.3 Å². The minimum absolute atomic E-state index is 0.0251. The van der Waals surface area contributed by atoms with Gasteiger partial charge in [0, 0.05) is 16.6 Å². The molecule has 0 radical (unpaired) electrons. The summed E-state index contributed by atoms with van der Waals surface area (Å²) in [5.74, 6) is 0. The maximum Gasteiger partial charge on any atom is 0.423 e. The van der Waals surface area contributed by atoms with Gasteiger partial charge in [0.05, 0.1) is 6.10 Å². The number of hydrogen-bond acceptors (Lipinski definition) is 2. The summed E-state index contributed by atoms with van der Waals surface area (Å²) < 4.78 is 79.5. The van der Waals surface area contributed by atoms with Gasteiger partial charge in [-0.3, -0.25) is 0 Å². The van der Waals surface area contributed by atoms with E-state index in [0.717, 1.165) is 0 Å². The maximum absolute atomic E-state index is 12.5. The monoisotopic (exact) mass is 335 g/mol. The van der Waals surface area contributed by atoms with Crippen LogP contribution in [0.25, 0.3) is 0 Å². The molecule has 2 atom stereocenters. The third-order valence-electron chi connectivity index (χ3n) is 2.57. The van der Waals surface area contributed by atoms with Crippen LogP contribution in [-0.4, -0.2) is 24.5 Å². The molecule has 1 aromatic rings. The Hall–Kier alpha value is -0.990. The zero-order valence-corrected chi connectivity index (χ0v) is 11.4. The largest absolute Gasteiger partial charge is 0.423 e. The SMILES string of the molecule is CC(N)C(OC(C(F)(F)F)C(F)(F)F)c1ccccc1Cl. The summed E-state index contributed by atoms with van der Waals surface area (Å²) in [4.78, 5) is 0. The Balaban J connectivity index is 3.16. The molecule has 0 aliphatic carbocycles. The topological polar surface area (TPSA) is 35.2 Å². The first kappa shape index (κ1) is 18.1. The van der Waals surface area contributed by atoms with Crippen LogP contribution in [0.3, 0.4) is 0 Å². The molecule has 21 heavy (non-hydrogen) atoms. The summed E-state index contributed by atoms with van der Waals surface area (Å²) in [6.45, 7) is 1.23. The van der Waals surface area contributed by atoms with Crippen LogP contribution in [0.1, 0.15) is 18.6 Å². The summed E-state index contributed by atoms with van der Waals surface area (Å²) >= 11 is 5.78. The molecule has 2 unspecified atom stereocenters. The van der Waals surface area contributed by atoms with E-state index in [0.29, 0.717) is 0 Å². The highest BCUT2D eigenvalue weighted by atomic mass is 35.5. The van der Waals surface area contributed by atoms with Crippen LogP contribution >= 0.6 is 11.6 Å². The van der Waals surface area contributed by atoms with Crippen LogP contribution < -0.4 is 5.73 Å².